The van der Waals surface area contributed by atoms with E-state index >= 15 is 0 Å². The van der Waals surface area contributed by atoms with Crippen molar-refractivity contribution in [2.45, 2.75) is 24.0 Å². The van der Waals surface area contributed by atoms with E-state index in [1.54, 1.807) is 60.3 Å². The number of rotatable bonds is 12. The number of carbonyl (C=O) groups excluding carboxylic acids is 1. The molecule has 0 saturated heterocycles. The summed E-state index contributed by atoms with van der Waals surface area (Å²) in [6.45, 7) is 1.99. The number of carbonyl (C=O) groups is 1. The van der Waals surface area contributed by atoms with Crippen molar-refractivity contribution in [1.82, 2.24) is 5.32 Å². The summed E-state index contributed by atoms with van der Waals surface area (Å²) in [7, 11) is -2.52. The van der Waals surface area contributed by atoms with Gasteiger partial charge in [-0.05, 0) is 61.1 Å². The molecule has 3 aromatic carbocycles. The highest BCUT2D eigenvalue weighted by atomic mass is 35.5. The summed E-state index contributed by atoms with van der Waals surface area (Å²) < 4.78 is 33.5. The van der Waals surface area contributed by atoms with Crippen LogP contribution in [0.15, 0.2) is 77.7 Å². The summed E-state index contributed by atoms with van der Waals surface area (Å²) in [4.78, 5) is 12.9. The molecule has 9 heteroatoms. The Kier molecular flexibility index (Phi) is 9.89. The van der Waals surface area contributed by atoms with Crippen LogP contribution < -0.4 is 14.4 Å². The molecule has 0 aliphatic rings. The zero-order valence-corrected chi connectivity index (χ0v) is 22.1. The molecule has 0 unspecified atom stereocenters. The van der Waals surface area contributed by atoms with E-state index in [0.717, 1.165) is 27.8 Å². The largest absolute Gasteiger partial charge is 0.495 e. The first-order chi connectivity index (χ1) is 16.8. The van der Waals surface area contributed by atoms with E-state index in [4.69, 9.17) is 16.3 Å². The van der Waals surface area contributed by atoms with Gasteiger partial charge in [0, 0.05) is 17.3 Å². The first kappa shape index (κ1) is 26.9. The number of anilines is 1. The first-order valence-electron chi connectivity index (χ1n) is 11.1. The van der Waals surface area contributed by atoms with E-state index in [9.17, 15) is 13.2 Å². The third-order valence-electron chi connectivity index (χ3n) is 5.22. The van der Waals surface area contributed by atoms with E-state index in [2.05, 4.69) is 5.32 Å². The Morgan fingerprint density at radius 3 is 2.40 bits per heavy atom. The highest BCUT2D eigenvalue weighted by molar-refractivity contribution is 7.98. The van der Waals surface area contributed by atoms with Gasteiger partial charge < -0.3 is 10.1 Å². The number of methoxy groups -OCH3 is 1. The van der Waals surface area contributed by atoms with Crippen LogP contribution in [0.1, 0.15) is 17.5 Å². The third kappa shape index (κ3) is 7.65. The molecule has 0 heterocycles. The molecular weight excluding hydrogens is 504 g/mol. The number of para-hydroxylation sites is 2. The lowest BCUT2D eigenvalue weighted by Crippen LogP contribution is -2.41. The number of aryl methyl sites for hydroxylation is 1. The predicted octanol–water partition coefficient (Wildman–Crippen LogP) is 5.29. The van der Waals surface area contributed by atoms with Gasteiger partial charge in [0.2, 0.25) is 5.91 Å². The van der Waals surface area contributed by atoms with Crippen LogP contribution in [0.5, 0.6) is 5.75 Å². The standard InChI is InChI=1S/C26H29ClN2O4S2/c1-20-8-14-23(15-9-20)35(31,32)29(24-6-3-4-7-25(24)33-2)18-26(30)28-16-5-17-34-19-21-10-12-22(27)13-11-21/h3-4,6-15H,5,16-19H2,1-2H3,(H,28,30). The number of benzene rings is 3. The number of ether oxygens (including phenoxy) is 1. The van der Waals surface area contributed by atoms with Crippen LogP contribution in [-0.2, 0) is 20.6 Å². The van der Waals surface area contributed by atoms with E-state index in [1.807, 2.05) is 31.2 Å². The molecule has 0 saturated carbocycles. The SMILES string of the molecule is COc1ccccc1N(CC(=O)NCCCSCc1ccc(Cl)cc1)S(=O)(=O)c1ccc(C)cc1. The quantitative estimate of drug-likeness (QED) is 0.321. The Balaban J connectivity index is 1.62. The van der Waals surface area contributed by atoms with Crippen LogP contribution in [-0.4, -0.2) is 40.3 Å². The summed E-state index contributed by atoms with van der Waals surface area (Å²) in [5.41, 5.74) is 2.45. The van der Waals surface area contributed by atoms with Crippen molar-refractivity contribution < 1.29 is 17.9 Å². The Morgan fingerprint density at radius 1 is 1.03 bits per heavy atom. The van der Waals surface area contributed by atoms with Gasteiger partial charge in [-0.1, -0.05) is 53.6 Å². The van der Waals surface area contributed by atoms with Crippen LogP contribution in [0.25, 0.3) is 0 Å². The number of nitrogens with one attached hydrogen (secondary N) is 1. The van der Waals surface area contributed by atoms with Crippen LogP contribution in [0.3, 0.4) is 0 Å². The van der Waals surface area contributed by atoms with Crippen molar-refractivity contribution >= 4 is 45.0 Å². The molecule has 0 fully saturated rings. The van der Waals surface area contributed by atoms with Gasteiger partial charge in [0.05, 0.1) is 17.7 Å². The van der Waals surface area contributed by atoms with Crippen LogP contribution in [0.4, 0.5) is 5.69 Å². The van der Waals surface area contributed by atoms with Crippen molar-refractivity contribution in [3.8, 4) is 5.75 Å². The smallest absolute Gasteiger partial charge is 0.264 e. The fourth-order valence-electron chi connectivity index (χ4n) is 3.33. The normalized spacial score (nSPS) is 11.2. The maximum Gasteiger partial charge on any atom is 0.264 e. The Morgan fingerprint density at radius 2 is 1.71 bits per heavy atom. The van der Waals surface area contributed by atoms with E-state index < -0.39 is 10.0 Å². The molecule has 35 heavy (non-hydrogen) atoms. The third-order valence-corrected chi connectivity index (χ3v) is 8.36. The zero-order valence-electron chi connectivity index (χ0n) is 19.7. The minimum atomic E-state index is -3.99. The van der Waals surface area contributed by atoms with Crippen LogP contribution >= 0.6 is 23.4 Å². The van der Waals surface area contributed by atoms with Gasteiger partial charge in [0.15, 0.2) is 0 Å². The minimum absolute atomic E-state index is 0.111. The Hall–Kier alpha value is -2.68. The van der Waals surface area contributed by atoms with Gasteiger partial charge in [-0.15, -0.1) is 0 Å². The van der Waals surface area contributed by atoms with Gasteiger partial charge in [0.25, 0.3) is 10.0 Å². The molecule has 0 spiro atoms. The molecule has 0 aliphatic carbocycles. The van der Waals surface area contributed by atoms with Crippen molar-refractivity contribution in [3.63, 3.8) is 0 Å². The molecule has 0 aromatic heterocycles. The summed E-state index contributed by atoms with van der Waals surface area (Å²) in [6.07, 6.45) is 0.767. The van der Waals surface area contributed by atoms with Gasteiger partial charge in [0.1, 0.15) is 12.3 Å². The lowest BCUT2D eigenvalue weighted by Gasteiger charge is -2.25. The average Bonchev–Trinajstić information content (AvgIpc) is 2.86. The molecule has 0 radical (unpaired) electrons. The van der Waals surface area contributed by atoms with Crippen molar-refractivity contribution in [3.05, 3.63) is 88.9 Å². The number of hydrogen-bond donors (Lipinski definition) is 1. The van der Waals surface area contributed by atoms with Gasteiger partial charge in [-0.2, -0.15) is 11.8 Å². The zero-order chi connectivity index (χ0) is 25.3. The average molecular weight is 533 g/mol. The Labute approximate surface area is 216 Å². The first-order valence-corrected chi connectivity index (χ1v) is 14.1. The second-order valence-electron chi connectivity index (χ2n) is 7.88. The lowest BCUT2D eigenvalue weighted by atomic mass is 10.2. The number of halogens is 1. The maximum absolute atomic E-state index is 13.5. The molecule has 0 atom stereocenters. The Bertz CT molecular complexity index is 1220. The molecule has 0 aliphatic heterocycles. The fraction of sp³-hybridized carbons (Fsp3) is 0.269. The van der Waals surface area contributed by atoms with Crippen molar-refractivity contribution in [1.29, 1.82) is 0 Å². The number of nitrogens with zero attached hydrogens (tertiary/aromatic N) is 1. The number of hydrogen-bond acceptors (Lipinski definition) is 5. The molecule has 3 aromatic rings. The highest BCUT2D eigenvalue weighted by Gasteiger charge is 2.29. The van der Waals surface area contributed by atoms with Crippen LogP contribution in [0.2, 0.25) is 5.02 Å². The predicted molar refractivity (Wildman–Crippen MR) is 144 cm³/mol. The summed E-state index contributed by atoms with van der Waals surface area (Å²) in [5, 5.41) is 3.56. The molecule has 1 N–H and O–H groups in total. The van der Waals surface area contributed by atoms with E-state index in [-0.39, 0.29) is 17.3 Å². The van der Waals surface area contributed by atoms with Gasteiger partial charge in [-0.3, -0.25) is 9.10 Å². The number of sulfonamides is 1. The second-order valence-corrected chi connectivity index (χ2v) is 11.3. The molecular formula is C26H29ClN2O4S2. The number of amides is 1. The molecule has 0 bridgehead atoms. The van der Waals surface area contributed by atoms with Crippen molar-refractivity contribution in [2.75, 3.05) is 30.3 Å². The fourth-order valence-corrected chi connectivity index (χ4v) is 5.81. The molecule has 3 rings (SSSR count). The number of thioether (sulfide) groups is 1. The maximum atomic E-state index is 13.5. The van der Waals surface area contributed by atoms with E-state index in [0.29, 0.717) is 23.0 Å². The monoisotopic (exact) mass is 532 g/mol. The van der Waals surface area contributed by atoms with E-state index in [1.165, 1.54) is 12.7 Å². The van der Waals surface area contributed by atoms with Crippen molar-refractivity contribution in [2.24, 2.45) is 0 Å². The summed E-state index contributed by atoms with van der Waals surface area (Å²) in [5.74, 6) is 1.71. The van der Waals surface area contributed by atoms with Gasteiger partial charge >= 0.3 is 0 Å². The molecule has 6 nitrogen and oxygen atoms in total. The summed E-state index contributed by atoms with van der Waals surface area (Å²) in [6, 6.07) is 21.1. The van der Waals surface area contributed by atoms with Crippen LogP contribution in [0, 0.1) is 6.92 Å². The lowest BCUT2D eigenvalue weighted by molar-refractivity contribution is -0.119. The topological polar surface area (TPSA) is 75.7 Å². The second kappa shape index (κ2) is 12.9. The summed E-state index contributed by atoms with van der Waals surface area (Å²) >= 11 is 7.67. The molecule has 186 valence electrons. The minimum Gasteiger partial charge on any atom is -0.495 e. The van der Waals surface area contributed by atoms with Gasteiger partial charge in [-0.25, -0.2) is 8.42 Å². The molecule has 1 amide bonds. The highest BCUT2D eigenvalue weighted by Crippen LogP contribution is 2.32.